The zero-order valence-electron chi connectivity index (χ0n) is 15.2. The summed E-state index contributed by atoms with van der Waals surface area (Å²) in [7, 11) is 1.83. The van der Waals surface area contributed by atoms with Crippen LogP contribution in [0.1, 0.15) is 54.6 Å². The number of nitrogens with zero attached hydrogens (tertiary/aromatic N) is 2. The summed E-state index contributed by atoms with van der Waals surface area (Å²) in [5.41, 5.74) is 2.85. The number of hydrogen-bond acceptors (Lipinski definition) is 3. The molecule has 0 aromatic carbocycles. The van der Waals surface area contributed by atoms with Crippen molar-refractivity contribution >= 4 is 41.3 Å². The van der Waals surface area contributed by atoms with Crippen LogP contribution in [0.5, 0.6) is 0 Å². The quantitative estimate of drug-likeness (QED) is 0.276. The van der Waals surface area contributed by atoms with Crippen molar-refractivity contribution in [2.75, 3.05) is 20.1 Å². The van der Waals surface area contributed by atoms with Crippen LogP contribution in [-0.4, -0.2) is 31.1 Å². The van der Waals surface area contributed by atoms with Gasteiger partial charge in [-0.25, -0.2) is 4.98 Å². The van der Waals surface area contributed by atoms with Crippen LogP contribution in [-0.2, 0) is 12.8 Å². The van der Waals surface area contributed by atoms with Crippen LogP contribution in [0.25, 0.3) is 0 Å². The van der Waals surface area contributed by atoms with E-state index in [0.717, 1.165) is 38.3 Å². The molecule has 0 spiro atoms. The van der Waals surface area contributed by atoms with Crippen LogP contribution < -0.4 is 10.6 Å². The lowest BCUT2D eigenvalue weighted by atomic mass is 9.97. The third-order valence-electron chi connectivity index (χ3n) is 4.25. The van der Waals surface area contributed by atoms with Gasteiger partial charge in [0.2, 0.25) is 0 Å². The van der Waals surface area contributed by atoms with Crippen molar-refractivity contribution < 1.29 is 0 Å². The Morgan fingerprint density at radius 3 is 2.58 bits per heavy atom. The molecule has 0 unspecified atom stereocenters. The highest BCUT2D eigenvalue weighted by molar-refractivity contribution is 14.0. The van der Waals surface area contributed by atoms with Crippen molar-refractivity contribution in [2.24, 2.45) is 4.99 Å². The third-order valence-corrected chi connectivity index (χ3v) is 5.32. The maximum atomic E-state index is 4.69. The van der Waals surface area contributed by atoms with E-state index in [4.69, 9.17) is 0 Å². The van der Waals surface area contributed by atoms with E-state index in [1.165, 1.54) is 41.3 Å². The minimum absolute atomic E-state index is 0. The SMILES string of the molecule is CCc1nc(CCNC(=NC)NCCC2=CCCCC2)sc1C.I. The maximum absolute atomic E-state index is 4.69. The number of aryl methyl sites for hydroxylation is 2. The first-order valence-corrected chi connectivity index (χ1v) is 9.62. The first kappa shape index (κ1) is 21.4. The largest absolute Gasteiger partial charge is 0.356 e. The van der Waals surface area contributed by atoms with Gasteiger partial charge in [-0.05, 0) is 45.4 Å². The molecule has 0 saturated carbocycles. The molecule has 1 heterocycles. The number of allylic oxidation sites excluding steroid dienone is 1. The van der Waals surface area contributed by atoms with E-state index in [0.29, 0.717) is 0 Å². The third kappa shape index (κ3) is 7.09. The Labute approximate surface area is 167 Å². The van der Waals surface area contributed by atoms with Gasteiger partial charge in [-0.15, -0.1) is 35.3 Å². The van der Waals surface area contributed by atoms with Gasteiger partial charge in [-0.1, -0.05) is 18.6 Å². The van der Waals surface area contributed by atoms with E-state index in [9.17, 15) is 0 Å². The summed E-state index contributed by atoms with van der Waals surface area (Å²) in [4.78, 5) is 10.3. The summed E-state index contributed by atoms with van der Waals surface area (Å²) in [6, 6.07) is 0. The van der Waals surface area contributed by atoms with E-state index in [1.807, 2.05) is 18.4 Å². The fourth-order valence-corrected chi connectivity index (χ4v) is 3.93. The fourth-order valence-electron chi connectivity index (χ4n) is 2.90. The number of hydrogen-bond donors (Lipinski definition) is 2. The maximum Gasteiger partial charge on any atom is 0.191 e. The Morgan fingerprint density at radius 2 is 2.00 bits per heavy atom. The molecule has 136 valence electrons. The van der Waals surface area contributed by atoms with Crippen molar-refractivity contribution in [3.05, 3.63) is 27.2 Å². The predicted octanol–water partition coefficient (Wildman–Crippen LogP) is 4.23. The number of rotatable bonds is 7. The number of aromatic nitrogens is 1. The van der Waals surface area contributed by atoms with Crippen molar-refractivity contribution in [1.29, 1.82) is 0 Å². The summed E-state index contributed by atoms with van der Waals surface area (Å²) >= 11 is 1.82. The van der Waals surface area contributed by atoms with Crippen molar-refractivity contribution in [3.8, 4) is 0 Å². The number of guanidine groups is 1. The zero-order chi connectivity index (χ0) is 16.5. The number of thiazole rings is 1. The van der Waals surface area contributed by atoms with Crippen LogP contribution in [0.3, 0.4) is 0 Å². The Kier molecular flexibility index (Phi) is 10.6. The second kappa shape index (κ2) is 11.8. The molecule has 0 atom stereocenters. The molecule has 0 saturated heterocycles. The van der Waals surface area contributed by atoms with Gasteiger partial charge < -0.3 is 10.6 Å². The molecule has 0 amide bonds. The van der Waals surface area contributed by atoms with Gasteiger partial charge in [0.25, 0.3) is 0 Å². The van der Waals surface area contributed by atoms with Crippen LogP contribution in [0.15, 0.2) is 16.6 Å². The van der Waals surface area contributed by atoms with Crippen molar-refractivity contribution in [2.45, 2.75) is 58.8 Å². The van der Waals surface area contributed by atoms with Crippen LogP contribution in [0.2, 0.25) is 0 Å². The Balaban J connectivity index is 0.00000288. The molecule has 1 aliphatic rings. The molecule has 6 heteroatoms. The van der Waals surface area contributed by atoms with Gasteiger partial charge in [-0.2, -0.15) is 0 Å². The van der Waals surface area contributed by atoms with E-state index in [2.05, 4.69) is 40.5 Å². The molecule has 1 aromatic rings. The summed E-state index contributed by atoms with van der Waals surface area (Å²) in [5.74, 6) is 0.894. The van der Waals surface area contributed by atoms with Gasteiger partial charge >= 0.3 is 0 Å². The Bertz CT molecular complexity index is 551. The second-order valence-electron chi connectivity index (χ2n) is 6.00. The predicted molar refractivity (Wildman–Crippen MR) is 116 cm³/mol. The average Bonchev–Trinajstić information content (AvgIpc) is 2.94. The Morgan fingerprint density at radius 1 is 1.25 bits per heavy atom. The standard InChI is InChI=1S/C18H30N4S.HI/c1-4-16-14(2)23-17(22-16)11-13-21-18(19-3)20-12-10-15-8-6-5-7-9-15;/h8H,4-7,9-13H2,1-3H3,(H2,19,20,21);1H. The number of nitrogens with one attached hydrogen (secondary N) is 2. The van der Waals surface area contributed by atoms with Crippen LogP contribution in [0.4, 0.5) is 0 Å². The van der Waals surface area contributed by atoms with Gasteiger partial charge in [0, 0.05) is 31.4 Å². The molecule has 0 radical (unpaired) electrons. The van der Waals surface area contributed by atoms with E-state index >= 15 is 0 Å². The van der Waals surface area contributed by atoms with Gasteiger partial charge in [0.1, 0.15) is 0 Å². The molecule has 0 aliphatic heterocycles. The summed E-state index contributed by atoms with van der Waals surface area (Å²) in [6.07, 6.45) is 10.8. The number of aliphatic imine (C=N–C) groups is 1. The van der Waals surface area contributed by atoms with Crippen molar-refractivity contribution in [3.63, 3.8) is 0 Å². The molecule has 2 N–H and O–H groups in total. The Hall–Kier alpha value is -0.630. The van der Waals surface area contributed by atoms with Gasteiger partial charge in [-0.3, -0.25) is 4.99 Å². The van der Waals surface area contributed by atoms with E-state index in [-0.39, 0.29) is 24.0 Å². The monoisotopic (exact) mass is 462 g/mol. The van der Waals surface area contributed by atoms with Gasteiger partial charge in [0.15, 0.2) is 5.96 Å². The second-order valence-corrected chi connectivity index (χ2v) is 7.29. The van der Waals surface area contributed by atoms with Crippen LogP contribution in [0, 0.1) is 6.92 Å². The molecule has 1 aromatic heterocycles. The zero-order valence-corrected chi connectivity index (χ0v) is 18.3. The first-order valence-electron chi connectivity index (χ1n) is 8.80. The smallest absolute Gasteiger partial charge is 0.191 e. The lowest BCUT2D eigenvalue weighted by Crippen LogP contribution is -2.38. The lowest BCUT2D eigenvalue weighted by molar-refractivity contribution is 0.665. The molecular formula is C18H31IN4S. The molecule has 4 nitrogen and oxygen atoms in total. The summed E-state index contributed by atoms with van der Waals surface area (Å²) < 4.78 is 0. The van der Waals surface area contributed by atoms with E-state index < -0.39 is 0 Å². The number of halogens is 1. The van der Waals surface area contributed by atoms with E-state index in [1.54, 1.807) is 5.57 Å². The topological polar surface area (TPSA) is 49.3 Å². The molecule has 0 fully saturated rings. The summed E-state index contributed by atoms with van der Waals surface area (Å²) in [6.45, 7) is 6.16. The fraction of sp³-hybridized carbons (Fsp3) is 0.667. The highest BCUT2D eigenvalue weighted by Gasteiger charge is 2.07. The van der Waals surface area contributed by atoms with Gasteiger partial charge in [0.05, 0.1) is 10.7 Å². The molecule has 0 bridgehead atoms. The molecule has 2 rings (SSSR count). The minimum atomic E-state index is 0. The average molecular weight is 462 g/mol. The summed E-state index contributed by atoms with van der Waals surface area (Å²) in [5, 5.41) is 8.02. The minimum Gasteiger partial charge on any atom is -0.356 e. The normalized spacial score (nSPS) is 14.8. The van der Waals surface area contributed by atoms with Crippen molar-refractivity contribution in [1.82, 2.24) is 15.6 Å². The molecule has 24 heavy (non-hydrogen) atoms. The molecular weight excluding hydrogens is 431 g/mol. The lowest BCUT2D eigenvalue weighted by Gasteiger charge is -2.15. The molecule has 1 aliphatic carbocycles. The van der Waals surface area contributed by atoms with Crippen LogP contribution >= 0.6 is 35.3 Å². The highest BCUT2D eigenvalue weighted by atomic mass is 127. The first-order chi connectivity index (χ1) is 11.2. The highest BCUT2D eigenvalue weighted by Crippen LogP contribution is 2.19.